The first-order valence-electron chi connectivity index (χ1n) is 13.4. The van der Waals surface area contributed by atoms with E-state index in [0.717, 1.165) is 4.68 Å². The van der Waals surface area contributed by atoms with Gasteiger partial charge in [-0.05, 0) is 52.3 Å². The number of amides is 1. The Morgan fingerprint density at radius 2 is 1.93 bits per heavy atom. The highest BCUT2D eigenvalue weighted by Gasteiger charge is 2.24. The highest BCUT2D eigenvalue weighted by molar-refractivity contribution is 9.10. The van der Waals surface area contributed by atoms with E-state index in [0.29, 0.717) is 53.9 Å². The molecule has 1 amide bonds. The van der Waals surface area contributed by atoms with Gasteiger partial charge in [0.05, 0.1) is 52.2 Å². The molecule has 6 rings (SSSR count). The van der Waals surface area contributed by atoms with Crippen molar-refractivity contribution in [2.24, 2.45) is 5.10 Å². The van der Waals surface area contributed by atoms with Crippen LogP contribution in [0.3, 0.4) is 0 Å². The number of nitro groups is 1. The topological polar surface area (TPSA) is 152 Å². The summed E-state index contributed by atoms with van der Waals surface area (Å²) in [5.74, 6) is 0.569. The number of hydrogen-bond donors (Lipinski definition) is 0. The first kappa shape index (κ1) is 29.0. The van der Waals surface area contributed by atoms with Crippen LogP contribution in [0, 0.1) is 10.1 Å². The van der Waals surface area contributed by atoms with Gasteiger partial charge in [-0.15, -0.1) is 0 Å². The second kappa shape index (κ2) is 12.3. The molecule has 13 nitrogen and oxygen atoms in total. The molecule has 0 aliphatic carbocycles. The van der Waals surface area contributed by atoms with Gasteiger partial charge in [-0.25, -0.2) is 4.98 Å². The Labute approximate surface area is 257 Å². The number of aromatic nitrogens is 2. The summed E-state index contributed by atoms with van der Waals surface area (Å²) in [7, 11) is 1.55. The predicted octanol–water partition coefficient (Wildman–Crippen LogP) is 4.61. The van der Waals surface area contributed by atoms with Gasteiger partial charge in [0.1, 0.15) is 11.3 Å². The largest absolute Gasteiger partial charge is 0.496 e. The zero-order chi connectivity index (χ0) is 30.8. The van der Waals surface area contributed by atoms with Gasteiger partial charge in [0.25, 0.3) is 11.5 Å². The maximum atomic E-state index is 13.6. The van der Waals surface area contributed by atoms with Crippen LogP contribution in [0.5, 0.6) is 11.5 Å². The number of methoxy groups -OCH3 is 1. The van der Waals surface area contributed by atoms with Crippen LogP contribution in [0.2, 0.25) is 0 Å². The minimum atomic E-state index is -0.617. The molecule has 0 bridgehead atoms. The van der Waals surface area contributed by atoms with Crippen molar-refractivity contribution in [3.8, 4) is 23.1 Å². The molecule has 0 unspecified atom stereocenters. The fourth-order valence-corrected chi connectivity index (χ4v) is 5.41. The monoisotopic (exact) mass is 661 g/mol. The van der Waals surface area contributed by atoms with Gasteiger partial charge in [-0.3, -0.25) is 19.7 Å². The van der Waals surface area contributed by atoms with Crippen LogP contribution in [0.15, 0.2) is 79.4 Å². The smallest absolute Gasteiger partial charge is 0.312 e. The Hall–Kier alpha value is -5.08. The fourth-order valence-electron chi connectivity index (χ4n) is 4.83. The van der Waals surface area contributed by atoms with Crippen LogP contribution in [0.1, 0.15) is 5.56 Å². The van der Waals surface area contributed by atoms with E-state index >= 15 is 0 Å². The number of hydrogen-bond acceptors (Lipinski definition) is 10. The molecule has 1 aliphatic heterocycles. The molecule has 1 saturated heterocycles. The van der Waals surface area contributed by atoms with Crippen LogP contribution in [0.4, 0.5) is 5.69 Å². The molecule has 2 aromatic heterocycles. The lowest BCUT2D eigenvalue weighted by atomic mass is 10.2. The second-order valence-corrected chi connectivity index (χ2v) is 10.5. The number of benzene rings is 3. The van der Waals surface area contributed by atoms with Crippen LogP contribution in [0.25, 0.3) is 33.5 Å². The molecule has 0 radical (unpaired) electrons. The molecular weight excluding hydrogens is 638 g/mol. The average molecular weight is 662 g/mol. The van der Waals surface area contributed by atoms with Crippen molar-refractivity contribution in [2.75, 3.05) is 40.0 Å². The van der Waals surface area contributed by atoms with Gasteiger partial charge >= 0.3 is 5.69 Å². The molecule has 224 valence electrons. The molecule has 1 aliphatic rings. The van der Waals surface area contributed by atoms with E-state index in [2.05, 4.69) is 26.0 Å². The van der Waals surface area contributed by atoms with E-state index in [9.17, 15) is 19.7 Å². The van der Waals surface area contributed by atoms with Crippen molar-refractivity contribution in [2.45, 2.75) is 0 Å². The molecular formula is C30H24BrN5O8. The van der Waals surface area contributed by atoms with E-state index in [1.165, 1.54) is 18.3 Å². The second-order valence-electron chi connectivity index (χ2n) is 9.69. The van der Waals surface area contributed by atoms with Crippen molar-refractivity contribution >= 4 is 55.6 Å². The van der Waals surface area contributed by atoms with E-state index < -0.39 is 10.5 Å². The molecule has 0 atom stereocenters. The highest BCUT2D eigenvalue weighted by atomic mass is 79.9. The Balaban J connectivity index is 1.38. The summed E-state index contributed by atoms with van der Waals surface area (Å²) in [4.78, 5) is 43.8. The van der Waals surface area contributed by atoms with Crippen LogP contribution in [-0.2, 0) is 9.53 Å². The Bertz CT molecular complexity index is 2000. The third kappa shape index (κ3) is 5.64. The number of rotatable bonds is 8. The van der Waals surface area contributed by atoms with Crippen molar-refractivity contribution in [3.63, 3.8) is 0 Å². The number of para-hydroxylation sites is 1. The average Bonchev–Trinajstić information content (AvgIpc) is 3.48. The van der Waals surface area contributed by atoms with Gasteiger partial charge in [0.2, 0.25) is 11.6 Å². The zero-order valence-corrected chi connectivity index (χ0v) is 24.9. The Morgan fingerprint density at radius 3 is 2.70 bits per heavy atom. The van der Waals surface area contributed by atoms with E-state index in [-0.39, 0.29) is 45.6 Å². The van der Waals surface area contributed by atoms with E-state index in [4.69, 9.17) is 18.6 Å². The molecule has 0 N–H and O–H groups in total. The van der Waals surface area contributed by atoms with E-state index in [1.807, 2.05) is 0 Å². The molecule has 3 aromatic carbocycles. The third-order valence-electron chi connectivity index (χ3n) is 6.98. The van der Waals surface area contributed by atoms with Gasteiger partial charge in [-0.2, -0.15) is 9.78 Å². The molecule has 14 heteroatoms. The maximum absolute atomic E-state index is 13.6. The Morgan fingerprint density at radius 1 is 1.14 bits per heavy atom. The standard InChI is InChI=1S/C30H24BrN5O8/c1-41-24-7-4-8-25-20(24)15-26(44-25)29-33-22-6-3-2-5-19(22)30(38)35(29)32-16-18-13-21(31)28(23(14-18)36(39)40)43-17-27(37)34-9-11-42-12-10-34/h2-8,13-16H,9-12,17H2,1H3. The van der Waals surface area contributed by atoms with Gasteiger partial charge in [0.15, 0.2) is 12.4 Å². The summed E-state index contributed by atoms with van der Waals surface area (Å²) < 4.78 is 23.7. The number of carbonyl (C=O) groups excluding carboxylic acids is 1. The molecule has 1 fully saturated rings. The predicted molar refractivity (Wildman–Crippen MR) is 164 cm³/mol. The lowest BCUT2D eigenvalue weighted by Crippen LogP contribution is -2.43. The minimum absolute atomic E-state index is 0.102. The van der Waals surface area contributed by atoms with Crippen LogP contribution >= 0.6 is 15.9 Å². The van der Waals surface area contributed by atoms with Crippen LogP contribution in [-0.4, -0.2) is 71.6 Å². The van der Waals surface area contributed by atoms with Crippen LogP contribution < -0.4 is 15.0 Å². The first-order chi connectivity index (χ1) is 21.3. The van der Waals surface area contributed by atoms with Crippen molar-refractivity contribution < 1.29 is 28.3 Å². The molecule has 3 heterocycles. The molecule has 44 heavy (non-hydrogen) atoms. The van der Waals surface area contributed by atoms with Gasteiger partial charge < -0.3 is 23.5 Å². The molecule has 5 aromatic rings. The number of morpholine rings is 1. The number of ether oxygens (including phenoxy) is 3. The van der Waals surface area contributed by atoms with E-state index in [1.54, 1.807) is 60.5 Å². The maximum Gasteiger partial charge on any atom is 0.312 e. The molecule has 0 saturated carbocycles. The lowest BCUT2D eigenvalue weighted by molar-refractivity contribution is -0.385. The quantitative estimate of drug-likeness (QED) is 0.132. The normalized spacial score (nSPS) is 13.5. The summed E-state index contributed by atoms with van der Waals surface area (Å²) in [6.07, 6.45) is 1.30. The summed E-state index contributed by atoms with van der Waals surface area (Å²) in [5, 5.41) is 17.4. The highest BCUT2D eigenvalue weighted by Crippen LogP contribution is 2.36. The van der Waals surface area contributed by atoms with Crippen molar-refractivity contribution in [1.29, 1.82) is 0 Å². The summed E-state index contributed by atoms with van der Waals surface area (Å²) in [6, 6.07) is 16.7. The van der Waals surface area contributed by atoms with Gasteiger partial charge in [0, 0.05) is 24.7 Å². The summed E-state index contributed by atoms with van der Waals surface area (Å²) >= 11 is 3.33. The Kier molecular flexibility index (Phi) is 8.09. The lowest BCUT2D eigenvalue weighted by Gasteiger charge is -2.26. The molecule has 0 spiro atoms. The van der Waals surface area contributed by atoms with Crippen molar-refractivity contribution in [3.05, 3.63) is 91.2 Å². The fraction of sp³-hybridized carbons (Fsp3) is 0.200. The number of nitrogens with zero attached hydrogens (tertiary/aromatic N) is 5. The SMILES string of the molecule is COc1cccc2oc(-c3nc4ccccc4c(=O)n3N=Cc3cc(Br)c(OCC(=O)N4CCOCC4)c([N+](=O)[O-])c3)cc12. The summed E-state index contributed by atoms with van der Waals surface area (Å²) in [6.45, 7) is 1.31. The first-order valence-corrected chi connectivity index (χ1v) is 14.2. The number of carbonyl (C=O) groups is 1. The third-order valence-corrected chi connectivity index (χ3v) is 7.57. The van der Waals surface area contributed by atoms with Crippen molar-refractivity contribution in [1.82, 2.24) is 14.6 Å². The minimum Gasteiger partial charge on any atom is -0.496 e. The van der Waals surface area contributed by atoms with Gasteiger partial charge in [-0.1, -0.05) is 18.2 Å². The number of fused-ring (bicyclic) bond motifs is 2. The number of nitro benzene ring substituents is 1. The zero-order valence-electron chi connectivity index (χ0n) is 23.3. The summed E-state index contributed by atoms with van der Waals surface area (Å²) in [5.41, 5.74) is 0.402. The number of halogens is 1. The number of furan rings is 1.